The normalized spacial score (nSPS) is 18.2. The van der Waals surface area contributed by atoms with Crippen molar-refractivity contribution in [2.45, 2.75) is 63.7 Å². The molecule has 0 bridgehead atoms. The van der Waals surface area contributed by atoms with Gasteiger partial charge in [0, 0.05) is 13.1 Å². The first-order valence-electron chi connectivity index (χ1n) is 11.2. The van der Waals surface area contributed by atoms with Crippen molar-refractivity contribution in [1.82, 2.24) is 9.21 Å². The zero-order chi connectivity index (χ0) is 25.7. The number of ether oxygens (including phenoxy) is 2. The SMILES string of the molecule is CC(C)C[C@@H](C(N)=O)N(C[C@@H]1CN(S(=O)(=O)c2ccccc2C#N)CCO1)C(=O)OC(C)(C)C. The average Bonchev–Trinajstić information content (AvgIpc) is 2.74. The molecule has 34 heavy (non-hydrogen) atoms. The van der Waals surface area contributed by atoms with Crippen LogP contribution < -0.4 is 5.73 Å². The first kappa shape index (κ1) is 27.6. The quantitative estimate of drug-likeness (QED) is 0.583. The van der Waals surface area contributed by atoms with Gasteiger partial charge in [-0.2, -0.15) is 9.57 Å². The Morgan fingerprint density at radius 3 is 2.53 bits per heavy atom. The van der Waals surface area contributed by atoms with Gasteiger partial charge in [-0.25, -0.2) is 13.2 Å². The molecule has 0 unspecified atom stereocenters. The molecule has 0 radical (unpaired) electrons. The second kappa shape index (κ2) is 11.2. The number of nitrogens with two attached hydrogens (primary N) is 1. The zero-order valence-corrected chi connectivity index (χ0v) is 21.2. The Morgan fingerprint density at radius 1 is 1.32 bits per heavy atom. The topological polar surface area (TPSA) is 143 Å². The summed E-state index contributed by atoms with van der Waals surface area (Å²) in [4.78, 5) is 26.4. The van der Waals surface area contributed by atoms with E-state index in [0.717, 1.165) is 0 Å². The van der Waals surface area contributed by atoms with Gasteiger partial charge in [-0.15, -0.1) is 0 Å². The first-order valence-corrected chi connectivity index (χ1v) is 12.6. The number of rotatable bonds is 8. The van der Waals surface area contributed by atoms with E-state index in [1.807, 2.05) is 19.9 Å². The first-order chi connectivity index (χ1) is 15.8. The largest absolute Gasteiger partial charge is 0.444 e. The van der Waals surface area contributed by atoms with Gasteiger partial charge in [-0.05, 0) is 45.2 Å². The molecule has 0 spiro atoms. The zero-order valence-electron chi connectivity index (χ0n) is 20.4. The van der Waals surface area contributed by atoms with Crippen LogP contribution in [-0.2, 0) is 24.3 Å². The van der Waals surface area contributed by atoms with Gasteiger partial charge in [0.05, 0.1) is 29.7 Å². The van der Waals surface area contributed by atoms with E-state index in [9.17, 15) is 23.3 Å². The van der Waals surface area contributed by atoms with E-state index >= 15 is 0 Å². The number of benzene rings is 1. The maximum atomic E-state index is 13.2. The predicted octanol–water partition coefficient (Wildman–Crippen LogP) is 2.08. The predicted molar refractivity (Wildman–Crippen MR) is 125 cm³/mol. The van der Waals surface area contributed by atoms with Gasteiger partial charge in [-0.3, -0.25) is 9.69 Å². The Bertz CT molecular complexity index is 1030. The van der Waals surface area contributed by atoms with Crippen LogP contribution in [0, 0.1) is 17.2 Å². The third kappa shape index (κ3) is 7.16. The molecule has 2 N–H and O–H groups in total. The highest BCUT2D eigenvalue weighted by molar-refractivity contribution is 7.89. The monoisotopic (exact) mass is 494 g/mol. The molecule has 1 fully saturated rings. The summed E-state index contributed by atoms with van der Waals surface area (Å²) in [6.45, 7) is 8.98. The summed E-state index contributed by atoms with van der Waals surface area (Å²) in [6.07, 6.45) is -1.13. The molecule has 1 saturated heterocycles. The van der Waals surface area contributed by atoms with Gasteiger partial charge in [0.1, 0.15) is 17.7 Å². The van der Waals surface area contributed by atoms with Gasteiger partial charge in [-0.1, -0.05) is 26.0 Å². The lowest BCUT2D eigenvalue weighted by molar-refractivity contribution is -0.125. The van der Waals surface area contributed by atoms with E-state index in [0.29, 0.717) is 6.42 Å². The maximum Gasteiger partial charge on any atom is 0.411 e. The number of carbonyl (C=O) groups is 2. The molecule has 2 amide bonds. The number of nitrogens with zero attached hydrogens (tertiary/aromatic N) is 3. The van der Waals surface area contributed by atoms with E-state index in [1.54, 1.807) is 32.9 Å². The van der Waals surface area contributed by atoms with Crippen molar-refractivity contribution in [2.75, 3.05) is 26.2 Å². The van der Waals surface area contributed by atoms with Crippen LogP contribution >= 0.6 is 0 Å². The smallest absolute Gasteiger partial charge is 0.411 e. The minimum atomic E-state index is -3.97. The summed E-state index contributed by atoms with van der Waals surface area (Å²) in [5, 5.41) is 9.33. The molecule has 11 heteroatoms. The Kier molecular flexibility index (Phi) is 9.05. The second-order valence-corrected chi connectivity index (χ2v) is 11.6. The molecular formula is C23H34N4O6S. The lowest BCUT2D eigenvalue weighted by atomic mass is 10.0. The number of hydrogen-bond acceptors (Lipinski definition) is 7. The number of carbonyl (C=O) groups excluding carboxylic acids is 2. The average molecular weight is 495 g/mol. The van der Waals surface area contributed by atoms with Gasteiger partial charge < -0.3 is 15.2 Å². The Balaban J connectivity index is 2.31. The Hall–Kier alpha value is -2.68. The van der Waals surface area contributed by atoms with Crippen LogP contribution in [0.3, 0.4) is 0 Å². The van der Waals surface area contributed by atoms with Crippen LogP contribution in [-0.4, -0.2) is 73.6 Å². The summed E-state index contributed by atoms with van der Waals surface area (Å²) >= 11 is 0. The molecule has 0 saturated carbocycles. The minimum absolute atomic E-state index is 0.0478. The summed E-state index contributed by atoms with van der Waals surface area (Å²) in [5.74, 6) is -0.614. The standard InChI is InChI=1S/C23H34N4O6S/c1-16(2)12-19(21(25)28)27(22(29)33-23(3,4)5)15-18-14-26(10-11-32-18)34(30,31)20-9-7-6-8-17(20)13-24/h6-9,16,18-19H,10-12,14-15H2,1-5H3,(H2,25,28)/t18-,19-/m0/s1. The Morgan fingerprint density at radius 2 is 1.97 bits per heavy atom. The van der Waals surface area contributed by atoms with Crippen molar-refractivity contribution in [1.29, 1.82) is 5.26 Å². The van der Waals surface area contributed by atoms with Crippen molar-refractivity contribution >= 4 is 22.0 Å². The third-order valence-electron chi connectivity index (χ3n) is 5.15. The molecule has 0 aromatic heterocycles. The fourth-order valence-electron chi connectivity index (χ4n) is 3.66. The molecule has 2 atom stereocenters. The molecule has 1 aromatic rings. The molecule has 1 aliphatic heterocycles. The minimum Gasteiger partial charge on any atom is -0.444 e. The van der Waals surface area contributed by atoms with Crippen LogP contribution in [0.4, 0.5) is 4.79 Å². The highest BCUT2D eigenvalue weighted by Crippen LogP contribution is 2.24. The van der Waals surface area contributed by atoms with E-state index < -0.39 is 39.8 Å². The summed E-state index contributed by atoms with van der Waals surface area (Å²) < 4.78 is 39.0. The van der Waals surface area contributed by atoms with Gasteiger partial charge in [0.25, 0.3) is 0 Å². The number of primary amides is 1. The number of hydrogen-bond donors (Lipinski definition) is 1. The van der Waals surface area contributed by atoms with Crippen LogP contribution in [0.25, 0.3) is 0 Å². The van der Waals surface area contributed by atoms with Gasteiger partial charge in [0.15, 0.2) is 0 Å². The molecule has 2 rings (SSSR count). The van der Waals surface area contributed by atoms with E-state index in [4.69, 9.17) is 15.2 Å². The summed E-state index contributed by atoms with van der Waals surface area (Å²) in [5.41, 5.74) is 4.87. The van der Waals surface area contributed by atoms with Crippen LogP contribution in [0.2, 0.25) is 0 Å². The number of amides is 2. The highest BCUT2D eigenvalue weighted by atomic mass is 32.2. The molecule has 1 heterocycles. The van der Waals surface area contributed by atoms with Gasteiger partial charge >= 0.3 is 6.09 Å². The van der Waals surface area contributed by atoms with Crippen LogP contribution in [0.15, 0.2) is 29.2 Å². The molecule has 1 aliphatic rings. The van der Waals surface area contributed by atoms with Crippen molar-refractivity contribution in [3.63, 3.8) is 0 Å². The lowest BCUT2D eigenvalue weighted by Crippen LogP contribution is -2.56. The van der Waals surface area contributed by atoms with E-state index in [1.165, 1.54) is 21.3 Å². The fourth-order valence-corrected chi connectivity index (χ4v) is 5.25. The summed E-state index contributed by atoms with van der Waals surface area (Å²) in [7, 11) is -3.97. The second-order valence-electron chi connectivity index (χ2n) is 9.64. The third-order valence-corrected chi connectivity index (χ3v) is 7.08. The summed E-state index contributed by atoms with van der Waals surface area (Å²) in [6, 6.07) is 6.95. The van der Waals surface area contributed by atoms with Crippen molar-refractivity contribution in [2.24, 2.45) is 11.7 Å². The van der Waals surface area contributed by atoms with Crippen LogP contribution in [0.1, 0.15) is 46.6 Å². The highest BCUT2D eigenvalue weighted by Gasteiger charge is 2.38. The fraction of sp³-hybridized carbons (Fsp3) is 0.609. The van der Waals surface area contributed by atoms with Crippen molar-refractivity contribution in [3.05, 3.63) is 29.8 Å². The maximum absolute atomic E-state index is 13.2. The molecule has 1 aromatic carbocycles. The van der Waals surface area contributed by atoms with Crippen molar-refractivity contribution < 1.29 is 27.5 Å². The van der Waals surface area contributed by atoms with Crippen molar-refractivity contribution in [3.8, 4) is 6.07 Å². The van der Waals surface area contributed by atoms with E-state index in [2.05, 4.69) is 0 Å². The number of sulfonamides is 1. The Labute approximate surface area is 201 Å². The number of morpholine rings is 1. The van der Waals surface area contributed by atoms with Gasteiger partial charge in [0.2, 0.25) is 15.9 Å². The molecular weight excluding hydrogens is 460 g/mol. The van der Waals surface area contributed by atoms with Crippen LogP contribution in [0.5, 0.6) is 0 Å². The molecule has 10 nitrogen and oxygen atoms in total. The lowest BCUT2D eigenvalue weighted by Gasteiger charge is -2.38. The number of nitriles is 1. The molecule has 188 valence electrons. The van der Waals surface area contributed by atoms with E-state index in [-0.39, 0.29) is 42.6 Å². The molecule has 0 aliphatic carbocycles.